The van der Waals surface area contributed by atoms with Gasteiger partial charge in [0.05, 0.1) is 18.0 Å². The van der Waals surface area contributed by atoms with Crippen molar-refractivity contribution in [1.29, 1.82) is 0 Å². The van der Waals surface area contributed by atoms with Crippen LogP contribution in [0.1, 0.15) is 88.8 Å². The Morgan fingerprint density at radius 3 is 2.24 bits per heavy atom. The Balaban J connectivity index is 1.39. The third-order valence-corrected chi connectivity index (χ3v) is 8.45. The second-order valence-electron chi connectivity index (χ2n) is 12.2. The van der Waals surface area contributed by atoms with Crippen molar-refractivity contribution in [3.63, 3.8) is 0 Å². The largest absolute Gasteiger partial charge is 0.493 e. The Morgan fingerprint density at radius 2 is 1.57 bits per heavy atom. The van der Waals surface area contributed by atoms with Crippen LogP contribution < -0.4 is 10.1 Å². The molecule has 1 aromatic heterocycles. The van der Waals surface area contributed by atoms with Crippen LogP contribution in [0.5, 0.6) is 5.75 Å². The van der Waals surface area contributed by atoms with E-state index in [4.69, 9.17) is 4.74 Å². The molecule has 0 unspecified atom stereocenters. The number of hydrogen-bond donors (Lipinski definition) is 1. The molecule has 0 aliphatic rings. The summed E-state index contributed by atoms with van der Waals surface area (Å²) in [5, 5.41) is 7.70. The number of nitrogens with one attached hydrogen (secondary N) is 1. The zero-order valence-electron chi connectivity index (χ0n) is 25.8. The van der Waals surface area contributed by atoms with E-state index in [1.165, 1.54) is 23.3 Å². The molecule has 6 heteroatoms. The Bertz CT molecular complexity index is 1470. The van der Waals surface area contributed by atoms with Crippen molar-refractivity contribution in [3.8, 4) is 22.7 Å². The first-order valence-corrected chi connectivity index (χ1v) is 15.0. The highest BCUT2D eigenvalue weighted by Gasteiger charge is 2.26. The van der Waals surface area contributed by atoms with Gasteiger partial charge in [-0.2, -0.15) is 5.10 Å². The maximum Gasteiger partial charge on any atom is 0.270 e. The highest BCUT2D eigenvalue weighted by molar-refractivity contribution is 5.94. The summed E-state index contributed by atoms with van der Waals surface area (Å²) in [5.41, 5.74) is 5.32. The quantitative estimate of drug-likeness (QED) is 0.164. The lowest BCUT2D eigenvalue weighted by Crippen LogP contribution is -2.27. The summed E-state index contributed by atoms with van der Waals surface area (Å²) >= 11 is 0. The number of carbonyl (C=O) groups excluding carboxylic acids is 1. The fourth-order valence-electron chi connectivity index (χ4n) is 4.77. The van der Waals surface area contributed by atoms with Crippen molar-refractivity contribution >= 4 is 5.91 Å². The predicted octanol–water partition coefficient (Wildman–Crippen LogP) is 8.64. The highest BCUT2D eigenvalue weighted by Crippen LogP contribution is 2.38. The molecular weight excluding hydrogens is 525 g/mol. The SMILES string of the molecule is CCC(C)(C)c1ccc(OCCCCNC(=O)c2cc(-c3ccccc3)nn2-c2ccc(F)cc2)c(C(C)(C)CC)c1. The van der Waals surface area contributed by atoms with Gasteiger partial charge in [-0.05, 0) is 78.5 Å². The number of unbranched alkanes of at least 4 members (excludes halogenated alkanes) is 1. The molecule has 1 heterocycles. The van der Waals surface area contributed by atoms with Gasteiger partial charge >= 0.3 is 0 Å². The molecule has 0 radical (unpaired) electrons. The summed E-state index contributed by atoms with van der Waals surface area (Å²) < 4.78 is 21.4. The van der Waals surface area contributed by atoms with Crippen molar-refractivity contribution in [1.82, 2.24) is 15.1 Å². The van der Waals surface area contributed by atoms with Crippen LogP contribution in [0.2, 0.25) is 0 Å². The standard InChI is InChI=1S/C36H44FN3O2/c1-7-35(3,4)27-16-21-33(30(24-27)36(5,6)8-2)42-23-13-12-22-38-34(41)32-25-31(26-14-10-9-11-15-26)39-40(32)29-19-17-28(37)18-20-29/h9-11,14-21,24-25H,7-8,12-13,22-23H2,1-6H3,(H,38,41). The maximum atomic E-state index is 13.6. The van der Waals surface area contributed by atoms with E-state index in [1.54, 1.807) is 22.9 Å². The summed E-state index contributed by atoms with van der Waals surface area (Å²) in [6.07, 6.45) is 3.67. The van der Waals surface area contributed by atoms with E-state index in [9.17, 15) is 9.18 Å². The molecule has 0 saturated heterocycles. The normalized spacial score (nSPS) is 11.9. The van der Waals surface area contributed by atoms with Gasteiger partial charge < -0.3 is 10.1 Å². The summed E-state index contributed by atoms with van der Waals surface area (Å²) in [6, 6.07) is 24.1. The van der Waals surface area contributed by atoms with Gasteiger partial charge in [0.2, 0.25) is 0 Å². The van der Waals surface area contributed by atoms with E-state index in [0.29, 0.717) is 30.2 Å². The van der Waals surface area contributed by atoms with Gasteiger partial charge in [-0.25, -0.2) is 9.07 Å². The molecule has 222 valence electrons. The number of rotatable bonds is 13. The number of carbonyl (C=O) groups is 1. The van der Waals surface area contributed by atoms with E-state index in [2.05, 4.69) is 70.2 Å². The first-order valence-electron chi connectivity index (χ1n) is 15.0. The lowest BCUT2D eigenvalue weighted by molar-refractivity contribution is 0.0944. The molecule has 0 aliphatic heterocycles. The van der Waals surface area contributed by atoms with Gasteiger partial charge in [-0.15, -0.1) is 0 Å². The molecule has 3 aromatic carbocycles. The third kappa shape index (κ3) is 7.28. The minimum Gasteiger partial charge on any atom is -0.493 e. The van der Waals surface area contributed by atoms with Gasteiger partial charge in [-0.1, -0.05) is 84.0 Å². The van der Waals surface area contributed by atoms with Gasteiger partial charge in [0, 0.05) is 17.7 Å². The van der Waals surface area contributed by atoms with Crippen molar-refractivity contribution in [2.75, 3.05) is 13.2 Å². The minimum atomic E-state index is -0.339. The van der Waals surface area contributed by atoms with E-state index in [1.807, 2.05) is 30.3 Å². The number of halogens is 1. The molecule has 1 amide bonds. The molecule has 0 aliphatic carbocycles. The molecule has 1 N–H and O–H groups in total. The minimum absolute atomic E-state index is 0.00914. The Labute approximate surface area is 250 Å². The molecule has 0 bridgehead atoms. The zero-order valence-corrected chi connectivity index (χ0v) is 25.8. The summed E-state index contributed by atoms with van der Waals surface area (Å²) in [7, 11) is 0. The average molecular weight is 570 g/mol. The average Bonchev–Trinajstić information content (AvgIpc) is 3.45. The summed E-state index contributed by atoms with van der Waals surface area (Å²) in [5.74, 6) is 0.378. The summed E-state index contributed by atoms with van der Waals surface area (Å²) in [6.45, 7) is 14.6. The first kappa shape index (κ1) is 31.0. The van der Waals surface area contributed by atoms with E-state index in [-0.39, 0.29) is 22.6 Å². The van der Waals surface area contributed by atoms with E-state index < -0.39 is 0 Å². The first-order chi connectivity index (χ1) is 20.1. The van der Waals surface area contributed by atoms with Gasteiger partial charge in [0.15, 0.2) is 0 Å². The molecule has 0 atom stereocenters. The number of benzene rings is 3. The van der Waals surface area contributed by atoms with Crippen molar-refractivity contribution in [2.24, 2.45) is 0 Å². The maximum absolute atomic E-state index is 13.6. The van der Waals surface area contributed by atoms with Gasteiger partial charge in [0.25, 0.3) is 5.91 Å². The molecule has 0 saturated carbocycles. The predicted molar refractivity (Wildman–Crippen MR) is 169 cm³/mol. The van der Waals surface area contributed by atoms with Crippen molar-refractivity contribution in [2.45, 2.75) is 78.1 Å². The number of ether oxygens (including phenoxy) is 1. The Morgan fingerprint density at radius 1 is 0.881 bits per heavy atom. The van der Waals surface area contributed by atoms with Crippen molar-refractivity contribution in [3.05, 3.63) is 102 Å². The molecule has 42 heavy (non-hydrogen) atoms. The van der Waals surface area contributed by atoms with Crippen LogP contribution in [0.3, 0.4) is 0 Å². The topological polar surface area (TPSA) is 56.1 Å². The fourth-order valence-corrected chi connectivity index (χ4v) is 4.77. The second kappa shape index (κ2) is 13.4. The van der Waals surface area contributed by atoms with Gasteiger partial charge in [0.1, 0.15) is 17.3 Å². The van der Waals surface area contributed by atoms with E-state index in [0.717, 1.165) is 37.0 Å². The zero-order chi connectivity index (χ0) is 30.3. The monoisotopic (exact) mass is 569 g/mol. The van der Waals surface area contributed by atoms with Crippen LogP contribution in [-0.4, -0.2) is 28.8 Å². The number of hydrogen-bond acceptors (Lipinski definition) is 3. The lowest BCUT2D eigenvalue weighted by Gasteiger charge is -2.30. The second-order valence-corrected chi connectivity index (χ2v) is 12.2. The molecule has 4 aromatic rings. The molecule has 4 rings (SSSR count). The number of amides is 1. The molecular formula is C36H44FN3O2. The molecule has 0 spiro atoms. The Hall–Kier alpha value is -3.93. The van der Waals surface area contributed by atoms with Crippen LogP contribution in [0.25, 0.3) is 16.9 Å². The van der Waals surface area contributed by atoms with Crippen molar-refractivity contribution < 1.29 is 13.9 Å². The lowest BCUT2D eigenvalue weighted by atomic mass is 9.76. The number of aromatic nitrogens is 2. The Kier molecular flexibility index (Phi) is 9.87. The van der Waals surface area contributed by atoms with Crippen LogP contribution in [-0.2, 0) is 10.8 Å². The van der Waals surface area contributed by atoms with Gasteiger partial charge in [-0.3, -0.25) is 4.79 Å². The highest BCUT2D eigenvalue weighted by atomic mass is 19.1. The van der Waals surface area contributed by atoms with Crippen LogP contribution in [0.15, 0.2) is 78.9 Å². The summed E-state index contributed by atoms with van der Waals surface area (Å²) in [4.78, 5) is 13.3. The molecule has 5 nitrogen and oxygen atoms in total. The van der Waals surface area contributed by atoms with Crippen LogP contribution >= 0.6 is 0 Å². The number of nitrogens with zero attached hydrogens (tertiary/aromatic N) is 2. The van der Waals surface area contributed by atoms with Crippen LogP contribution in [0.4, 0.5) is 4.39 Å². The molecule has 0 fully saturated rings. The smallest absolute Gasteiger partial charge is 0.270 e. The fraction of sp³-hybridized carbons (Fsp3) is 0.389. The van der Waals surface area contributed by atoms with E-state index >= 15 is 0 Å². The van der Waals surface area contributed by atoms with Crippen LogP contribution in [0, 0.1) is 5.82 Å². The third-order valence-electron chi connectivity index (χ3n) is 8.45.